The van der Waals surface area contributed by atoms with Crippen LogP contribution >= 0.6 is 23.2 Å². The number of hydrogen-bond acceptors (Lipinski definition) is 6. The lowest BCUT2D eigenvalue weighted by molar-refractivity contribution is -0.0291. The van der Waals surface area contributed by atoms with E-state index in [2.05, 4.69) is 15.0 Å². The molecule has 0 amide bonds. The van der Waals surface area contributed by atoms with Gasteiger partial charge in [0.15, 0.2) is 17.0 Å². The van der Waals surface area contributed by atoms with Gasteiger partial charge in [0.1, 0.15) is 30.2 Å². The number of fused-ring (bicyclic) bond motifs is 1. The molecular weight excluding hydrogens is 319 g/mol. The van der Waals surface area contributed by atoms with E-state index in [1.54, 1.807) is 0 Å². The molecule has 4 atom stereocenters. The van der Waals surface area contributed by atoms with E-state index in [0.29, 0.717) is 11.2 Å². The van der Waals surface area contributed by atoms with Crippen LogP contribution in [0.2, 0.25) is 5.15 Å². The molecule has 2 aromatic rings. The van der Waals surface area contributed by atoms with E-state index in [4.69, 9.17) is 27.9 Å². The third kappa shape index (κ3) is 2.84. The van der Waals surface area contributed by atoms with E-state index in [1.165, 1.54) is 17.2 Å². The molecule has 21 heavy (non-hydrogen) atoms. The second-order valence-corrected chi connectivity index (χ2v) is 4.86. The van der Waals surface area contributed by atoms with Crippen LogP contribution in [-0.2, 0) is 4.74 Å². The highest BCUT2D eigenvalue weighted by atomic mass is 35.5. The number of ether oxygens (including phenoxy) is 1. The standard InChI is InChI=1S/C10H10Cl2N4O3.C2H6/c11-1-4-6(17)7(18)10(19-4)16-3-15-5-8(12)13-2-14-9(5)16;1-2/h2-4,6-7,10,17-18H,1H2;1-2H3/t4?,6-,7-,10-;/m1./s1. The van der Waals surface area contributed by atoms with Gasteiger partial charge >= 0.3 is 0 Å². The summed E-state index contributed by atoms with van der Waals surface area (Å²) >= 11 is 11.6. The number of nitrogens with zero attached hydrogens (tertiary/aromatic N) is 4. The van der Waals surface area contributed by atoms with Crippen molar-refractivity contribution in [2.45, 2.75) is 38.4 Å². The van der Waals surface area contributed by atoms with Crippen LogP contribution in [0, 0.1) is 0 Å². The second kappa shape index (κ2) is 6.85. The van der Waals surface area contributed by atoms with Gasteiger partial charge in [-0.3, -0.25) is 4.57 Å². The molecule has 116 valence electrons. The predicted octanol–water partition coefficient (Wildman–Crippen LogP) is 1.36. The van der Waals surface area contributed by atoms with Crippen LogP contribution in [0.15, 0.2) is 12.7 Å². The smallest absolute Gasteiger partial charge is 0.167 e. The van der Waals surface area contributed by atoms with E-state index >= 15 is 0 Å². The summed E-state index contributed by atoms with van der Waals surface area (Å²) in [4.78, 5) is 11.9. The average molecular weight is 335 g/mol. The summed E-state index contributed by atoms with van der Waals surface area (Å²) in [6, 6.07) is 0. The van der Waals surface area contributed by atoms with Crippen molar-refractivity contribution < 1.29 is 14.9 Å². The molecule has 9 heteroatoms. The Labute approximate surface area is 131 Å². The van der Waals surface area contributed by atoms with Crippen LogP contribution < -0.4 is 0 Å². The third-order valence-electron chi connectivity index (χ3n) is 3.08. The summed E-state index contributed by atoms with van der Waals surface area (Å²) in [6.07, 6.45) is -0.902. The minimum Gasteiger partial charge on any atom is -0.387 e. The van der Waals surface area contributed by atoms with Gasteiger partial charge < -0.3 is 14.9 Å². The summed E-state index contributed by atoms with van der Waals surface area (Å²) in [5.74, 6) is 0.0805. The van der Waals surface area contributed by atoms with Gasteiger partial charge in [-0.2, -0.15) is 0 Å². The normalized spacial score (nSPS) is 28.5. The van der Waals surface area contributed by atoms with Crippen molar-refractivity contribution in [2.24, 2.45) is 0 Å². The Bertz CT molecular complexity index is 609. The summed E-state index contributed by atoms with van der Waals surface area (Å²) < 4.78 is 7.02. The molecule has 0 aromatic carbocycles. The molecule has 0 bridgehead atoms. The predicted molar refractivity (Wildman–Crippen MR) is 78.3 cm³/mol. The topological polar surface area (TPSA) is 93.3 Å². The summed E-state index contributed by atoms with van der Waals surface area (Å²) in [7, 11) is 0. The first-order valence-electron chi connectivity index (χ1n) is 6.54. The first-order chi connectivity index (χ1) is 10.1. The maximum absolute atomic E-state index is 10.0. The summed E-state index contributed by atoms with van der Waals surface area (Å²) in [6.45, 7) is 4.00. The fraction of sp³-hybridized carbons (Fsp3) is 0.583. The highest BCUT2D eigenvalue weighted by Gasteiger charge is 2.43. The molecule has 0 saturated carbocycles. The van der Waals surface area contributed by atoms with Crippen molar-refractivity contribution in [3.63, 3.8) is 0 Å². The van der Waals surface area contributed by atoms with Gasteiger partial charge in [0.05, 0.1) is 12.2 Å². The minimum atomic E-state index is -1.12. The molecule has 1 aliphatic rings. The SMILES string of the molecule is CC.O[C@@H]1[C@H](O)C(CCl)O[C@H]1n1cnc2c(Cl)ncnc21. The Balaban J connectivity index is 0.000000774. The second-order valence-electron chi connectivity index (χ2n) is 4.19. The molecule has 3 rings (SSSR count). The zero-order valence-electron chi connectivity index (χ0n) is 11.5. The first kappa shape index (κ1) is 16.4. The zero-order chi connectivity index (χ0) is 15.6. The molecule has 0 radical (unpaired) electrons. The monoisotopic (exact) mass is 334 g/mol. The van der Waals surface area contributed by atoms with Crippen molar-refractivity contribution in [1.29, 1.82) is 0 Å². The lowest BCUT2D eigenvalue weighted by Gasteiger charge is -2.16. The van der Waals surface area contributed by atoms with Gasteiger partial charge in [0, 0.05) is 0 Å². The number of halogens is 2. The summed E-state index contributed by atoms with van der Waals surface area (Å²) in [5.41, 5.74) is 0.829. The molecule has 2 N–H and O–H groups in total. The lowest BCUT2D eigenvalue weighted by atomic mass is 10.1. The fourth-order valence-corrected chi connectivity index (χ4v) is 2.53. The fourth-order valence-electron chi connectivity index (χ4n) is 2.10. The molecule has 1 aliphatic heterocycles. The Morgan fingerprint density at radius 1 is 1.24 bits per heavy atom. The molecule has 1 fully saturated rings. The minimum absolute atomic E-state index is 0.0805. The Morgan fingerprint density at radius 3 is 2.57 bits per heavy atom. The number of aliphatic hydroxyl groups excluding tert-OH is 2. The zero-order valence-corrected chi connectivity index (χ0v) is 13.0. The molecule has 0 aliphatic carbocycles. The van der Waals surface area contributed by atoms with Gasteiger partial charge in [-0.1, -0.05) is 25.4 Å². The van der Waals surface area contributed by atoms with Gasteiger partial charge in [-0.05, 0) is 0 Å². The maximum Gasteiger partial charge on any atom is 0.167 e. The molecular formula is C12H16Cl2N4O3. The van der Waals surface area contributed by atoms with Crippen LogP contribution in [0.4, 0.5) is 0 Å². The number of imidazole rings is 1. The molecule has 1 saturated heterocycles. The molecule has 0 spiro atoms. The van der Waals surface area contributed by atoms with Crippen LogP contribution in [0.1, 0.15) is 20.1 Å². The van der Waals surface area contributed by atoms with Crippen LogP contribution in [0.25, 0.3) is 11.2 Å². The van der Waals surface area contributed by atoms with Crippen LogP contribution in [0.3, 0.4) is 0 Å². The Morgan fingerprint density at radius 2 is 1.95 bits per heavy atom. The van der Waals surface area contributed by atoms with Crippen molar-refractivity contribution in [1.82, 2.24) is 19.5 Å². The largest absolute Gasteiger partial charge is 0.387 e. The van der Waals surface area contributed by atoms with Crippen molar-refractivity contribution in [2.75, 3.05) is 5.88 Å². The third-order valence-corrected chi connectivity index (χ3v) is 3.66. The van der Waals surface area contributed by atoms with Crippen molar-refractivity contribution >= 4 is 34.4 Å². The van der Waals surface area contributed by atoms with Gasteiger partial charge in [-0.25, -0.2) is 15.0 Å². The lowest BCUT2D eigenvalue weighted by Crippen LogP contribution is -2.32. The van der Waals surface area contributed by atoms with Gasteiger partial charge in [0.25, 0.3) is 0 Å². The number of aromatic nitrogens is 4. The van der Waals surface area contributed by atoms with E-state index in [9.17, 15) is 10.2 Å². The first-order valence-corrected chi connectivity index (χ1v) is 7.45. The van der Waals surface area contributed by atoms with Gasteiger partial charge in [0.2, 0.25) is 0 Å². The Kier molecular flexibility index (Phi) is 5.34. The van der Waals surface area contributed by atoms with Crippen LogP contribution in [0.5, 0.6) is 0 Å². The van der Waals surface area contributed by atoms with E-state index in [1.807, 2.05) is 13.8 Å². The van der Waals surface area contributed by atoms with Crippen molar-refractivity contribution in [3.05, 3.63) is 17.8 Å². The number of hydrogen-bond donors (Lipinski definition) is 2. The molecule has 7 nitrogen and oxygen atoms in total. The highest BCUT2D eigenvalue weighted by Crippen LogP contribution is 2.32. The number of alkyl halides is 1. The van der Waals surface area contributed by atoms with Crippen LogP contribution in [-0.4, -0.2) is 53.9 Å². The maximum atomic E-state index is 10.0. The molecule has 3 heterocycles. The van der Waals surface area contributed by atoms with E-state index in [0.717, 1.165) is 0 Å². The highest BCUT2D eigenvalue weighted by molar-refractivity contribution is 6.33. The van der Waals surface area contributed by atoms with Crippen molar-refractivity contribution in [3.8, 4) is 0 Å². The Hall–Kier alpha value is -0.990. The van der Waals surface area contributed by atoms with E-state index in [-0.39, 0.29) is 11.0 Å². The van der Waals surface area contributed by atoms with Gasteiger partial charge in [-0.15, -0.1) is 11.6 Å². The number of aliphatic hydroxyl groups is 2. The quantitative estimate of drug-likeness (QED) is 0.636. The number of rotatable bonds is 2. The molecule has 1 unspecified atom stereocenters. The average Bonchev–Trinajstić information content (AvgIpc) is 3.05. The summed E-state index contributed by atoms with van der Waals surface area (Å²) in [5, 5.41) is 20.0. The molecule has 2 aromatic heterocycles. The van der Waals surface area contributed by atoms with E-state index < -0.39 is 24.5 Å².